The fourth-order valence-electron chi connectivity index (χ4n) is 2.14. The molecule has 3 N–H and O–H groups in total. The van der Waals surface area contributed by atoms with Gasteiger partial charge in [0.05, 0.1) is 18.6 Å². The molecule has 0 saturated carbocycles. The van der Waals surface area contributed by atoms with Gasteiger partial charge in [0.15, 0.2) is 0 Å². The molecule has 19 heavy (non-hydrogen) atoms. The maximum absolute atomic E-state index is 12.1. The van der Waals surface area contributed by atoms with E-state index in [1.807, 2.05) is 32.0 Å². The second-order valence-electron chi connectivity index (χ2n) is 4.96. The quantitative estimate of drug-likeness (QED) is 0.830. The minimum Gasteiger partial charge on any atom is -0.389 e. The molecule has 1 heterocycles. The van der Waals surface area contributed by atoms with E-state index < -0.39 is 0 Å². The standard InChI is InChI=1S/C14H18N2O2S/c1-8-3-4-10(13(15)19)6-12(8)16-14(17)11-5-9(2)18-7-11/h3-4,6,9,11H,5,7H2,1-2H3,(H2,15,19)(H,16,17). The summed E-state index contributed by atoms with van der Waals surface area (Å²) in [5.41, 5.74) is 8.10. The molecule has 1 aliphatic heterocycles. The van der Waals surface area contributed by atoms with Gasteiger partial charge in [-0.05, 0) is 31.9 Å². The van der Waals surface area contributed by atoms with Crippen LogP contribution in [0.4, 0.5) is 5.69 Å². The molecule has 2 atom stereocenters. The molecule has 1 amide bonds. The molecule has 1 fully saturated rings. The number of anilines is 1. The van der Waals surface area contributed by atoms with E-state index in [0.29, 0.717) is 11.6 Å². The van der Waals surface area contributed by atoms with E-state index in [-0.39, 0.29) is 17.9 Å². The number of hydrogen-bond acceptors (Lipinski definition) is 3. The lowest BCUT2D eigenvalue weighted by molar-refractivity contribution is -0.119. The summed E-state index contributed by atoms with van der Waals surface area (Å²) in [5, 5.41) is 2.93. The summed E-state index contributed by atoms with van der Waals surface area (Å²) in [6.07, 6.45) is 0.916. The summed E-state index contributed by atoms with van der Waals surface area (Å²) in [6, 6.07) is 5.57. The third kappa shape index (κ3) is 3.30. The largest absolute Gasteiger partial charge is 0.389 e. The second kappa shape index (κ2) is 5.67. The van der Waals surface area contributed by atoms with E-state index in [4.69, 9.17) is 22.7 Å². The van der Waals surface area contributed by atoms with E-state index >= 15 is 0 Å². The fourth-order valence-corrected chi connectivity index (χ4v) is 2.27. The zero-order valence-corrected chi connectivity index (χ0v) is 11.9. The van der Waals surface area contributed by atoms with Crippen LogP contribution in [-0.4, -0.2) is 23.6 Å². The number of nitrogens with one attached hydrogen (secondary N) is 1. The Kier molecular flexibility index (Phi) is 4.17. The molecule has 0 bridgehead atoms. The molecule has 0 aromatic heterocycles. The number of nitrogens with two attached hydrogens (primary N) is 1. The zero-order chi connectivity index (χ0) is 14.0. The van der Waals surface area contributed by atoms with E-state index in [1.165, 1.54) is 0 Å². The van der Waals surface area contributed by atoms with Gasteiger partial charge in [0.1, 0.15) is 4.99 Å². The highest BCUT2D eigenvalue weighted by Crippen LogP contribution is 2.23. The van der Waals surface area contributed by atoms with Gasteiger partial charge >= 0.3 is 0 Å². The molecule has 5 heteroatoms. The van der Waals surface area contributed by atoms with Crippen molar-refractivity contribution in [2.75, 3.05) is 11.9 Å². The van der Waals surface area contributed by atoms with Crippen LogP contribution in [0.25, 0.3) is 0 Å². The maximum atomic E-state index is 12.1. The van der Waals surface area contributed by atoms with Gasteiger partial charge in [0.25, 0.3) is 0 Å². The molecule has 1 saturated heterocycles. The van der Waals surface area contributed by atoms with Crippen LogP contribution in [-0.2, 0) is 9.53 Å². The van der Waals surface area contributed by atoms with Gasteiger partial charge in [0.2, 0.25) is 5.91 Å². The number of benzene rings is 1. The number of rotatable bonds is 3. The first kappa shape index (κ1) is 14.0. The summed E-state index contributed by atoms with van der Waals surface area (Å²) in [7, 11) is 0. The van der Waals surface area contributed by atoms with E-state index in [2.05, 4.69) is 5.32 Å². The summed E-state index contributed by atoms with van der Waals surface area (Å²) in [5.74, 6) is -0.0876. The van der Waals surface area contributed by atoms with E-state index in [0.717, 1.165) is 23.2 Å². The van der Waals surface area contributed by atoms with Crippen LogP contribution in [0.1, 0.15) is 24.5 Å². The van der Waals surface area contributed by atoms with Gasteiger partial charge in [-0.2, -0.15) is 0 Å². The van der Waals surface area contributed by atoms with Gasteiger partial charge in [-0.1, -0.05) is 24.4 Å². The molecule has 4 nitrogen and oxygen atoms in total. The maximum Gasteiger partial charge on any atom is 0.229 e. The van der Waals surface area contributed by atoms with Crippen molar-refractivity contribution in [2.45, 2.75) is 26.4 Å². The van der Waals surface area contributed by atoms with E-state index in [1.54, 1.807) is 0 Å². The predicted octanol–water partition coefficient (Wildman–Crippen LogP) is 1.99. The lowest BCUT2D eigenvalue weighted by Crippen LogP contribution is -2.23. The smallest absolute Gasteiger partial charge is 0.229 e. The third-order valence-corrected chi connectivity index (χ3v) is 3.58. The number of hydrogen-bond donors (Lipinski definition) is 2. The van der Waals surface area contributed by atoms with Crippen LogP contribution in [0, 0.1) is 12.8 Å². The highest BCUT2D eigenvalue weighted by Gasteiger charge is 2.28. The van der Waals surface area contributed by atoms with Crippen LogP contribution >= 0.6 is 12.2 Å². The Balaban J connectivity index is 2.12. The van der Waals surface area contributed by atoms with Gasteiger partial charge < -0.3 is 15.8 Å². The first-order chi connectivity index (χ1) is 8.97. The second-order valence-corrected chi connectivity index (χ2v) is 5.40. The van der Waals surface area contributed by atoms with Crippen LogP contribution < -0.4 is 11.1 Å². The number of aryl methyl sites for hydroxylation is 1. The van der Waals surface area contributed by atoms with Crippen molar-refractivity contribution < 1.29 is 9.53 Å². The van der Waals surface area contributed by atoms with Gasteiger partial charge in [-0.25, -0.2) is 0 Å². The van der Waals surface area contributed by atoms with Crippen molar-refractivity contribution in [1.29, 1.82) is 0 Å². The minimum absolute atomic E-state index is 0.00691. The molecule has 0 radical (unpaired) electrons. The molecule has 0 spiro atoms. The highest BCUT2D eigenvalue weighted by molar-refractivity contribution is 7.80. The van der Waals surface area contributed by atoms with Crippen molar-refractivity contribution in [1.82, 2.24) is 0 Å². The molecular formula is C14H18N2O2S. The predicted molar refractivity (Wildman–Crippen MR) is 79.2 cm³/mol. The summed E-state index contributed by atoms with van der Waals surface area (Å²) in [4.78, 5) is 12.5. The summed E-state index contributed by atoms with van der Waals surface area (Å²) in [6.45, 7) is 4.40. The molecule has 2 unspecified atom stereocenters. The van der Waals surface area contributed by atoms with Gasteiger partial charge in [-0.15, -0.1) is 0 Å². The Morgan fingerprint density at radius 2 is 2.26 bits per heavy atom. The van der Waals surface area contributed by atoms with Crippen LogP contribution in [0.2, 0.25) is 0 Å². The first-order valence-corrected chi connectivity index (χ1v) is 6.71. The number of amides is 1. The number of carbonyl (C=O) groups is 1. The lowest BCUT2D eigenvalue weighted by atomic mass is 10.0. The summed E-state index contributed by atoms with van der Waals surface area (Å²) >= 11 is 4.95. The third-order valence-electron chi connectivity index (χ3n) is 3.35. The molecule has 1 aliphatic rings. The number of ether oxygens (including phenoxy) is 1. The van der Waals surface area contributed by atoms with Crippen molar-refractivity contribution >= 4 is 28.8 Å². The molecule has 0 aliphatic carbocycles. The average Bonchev–Trinajstić information content (AvgIpc) is 2.78. The van der Waals surface area contributed by atoms with Gasteiger partial charge in [-0.3, -0.25) is 4.79 Å². The monoisotopic (exact) mass is 278 g/mol. The lowest BCUT2D eigenvalue weighted by Gasteiger charge is -2.13. The molecule has 1 aromatic rings. The van der Waals surface area contributed by atoms with Crippen LogP contribution in [0.3, 0.4) is 0 Å². The van der Waals surface area contributed by atoms with Crippen LogP contribution in [0.15, 0.2) is 18.2 Å². The summed E-state index contributed by atoms with van der Waals surface area (Å²) < 4.78 is 5.41. The Morgan fingerprint density at radius 3 is 2.84 bits per heavy atom. The SMILES string of the molecule is Cc1ccc(C(N)=S)cc1NC(=O)C1COC(C)C1. The Hall–Kier alpha value is -1.46. The number of thiocarbonyl (C=S) groups is 1. The number of carbonyl (C=O) groups excluding carboxylic acids is 1. The van der Waals surface area contributed by atoms with Crippen molar-refractivity contribution in [3.63, 3.8) is 0 Å². The average molecular weight is 278 g/mol. The highest BCUT2D eigenvalue weighted by atomic mass is 32.1. The van der Waals surface area contributed by atoms with Crippen molar-refractivity contribution in [3.05, 3.63) is 29.3 Å². The van der Waals surface area contributed by atoms with Crippen LogP contribution in [0.5, 0.6) is 0 Å². The topological polar surface area (TPSA) is 64.3 Å². The molecule has 2 rings (SSSR count). The fraction of sp³-hybridized carbons (Fsp3) is 0.429. The van der Waals surface area contributed by atoms with Gasteiger partial charge in [0, 0.05) is 11.3 Å². The molecular weight excluding hydrogens is 260 g/mol. The normalized spacial score (nSPS) is 22.2. The molecule has 102 valence electrons. The Bertz CT molecular complexity index is 516. The molecule has 1 aromatic carbocycles. The van der Waals surface area contributed by atoms with Crippen molar-refractivity contribution in [2.24, 2.45) is 11.7 Å². The Morgan fingerprint density at radius 1 is 1.53 bits per heavy atom. The minimum atomic E-state index is -0.0807. The van der Waals surface area contributed by atoms with E-state index in [9.17, 15) is 4.79 Å². The first-order valence-electron chi connectivity index (χ1n) is 6.30. The zero-order valence-electron chi connectivity index (χ0n) is 11.1. The Labute approximate surface area is 118 Å². The van der Waals surface area contributed by atoms with Crippen molar-refractivity contribution in [3.8, 4) is 0 Å².